The van der Waals surface area contributed by atoms with Crippen molar-refractivity contribution >= 4 is 15.9 Å². The van der Waals surface area contributed by atoms with Crippen LogP contribution in [0.15, 0.2) is 57.9 Å². The fourth-order valence-electron chi connectivity index (χ4n) is 3.22. The number of ether oxygens (including phenoxy) is 1. The Morgan fingerprint density at radius 2 is 1.90 bits per heavy atom. The maximum atomic E-state index is 12.8. The van der Waals surface area contributed by atoms with Crippen LogP contribution >= 0.6 is 0 Å². The third kappa shape index (κ3) is 4.82. The summed E-state index contributed by atoms with van der Waals surface area (Å²) < 4.78 is 37.4. The zero-order chi connectivity index (χ0) is 21.8. The molecule has 1 amide bonds. The van der Waals surface area contributed by atoms with E-state index in [4.69, 9.17) is 9.26 Å². The van der Waals surface area contributed by atoms with Gasteiger partial charge in [-0.3, -0.25) is 4.79 Å². The van der Waals surface area contributed by atoms with Gasteiger partial charge in [0.1, 0.15) is 0 Å². The number of nitrogens with one attached hydrogen (secondary N) is 1. The lowest BCUT2D eigenvalue weighted by Gasteiger charge is -2.26. The van der Waals surface area contributed by atoms with Gasteiger partial charge in [-0.05, 0) is 31.2 Å². The minimum Gasteiger partial charge on any atom is -0.379 e. The molecule has 0 spiro atoms. The second-order valence-corrected chi connectivity index (χ2v) is 9.05. The molecule has 10 heteroatoms. The number of aromatic nitrogens is 2. The lowest BCUT2D eigenvalue weighted by Crippen LogP contribution is -2.40. The summed E-state index contributed by atoms with van der Waals surface area (Å²) in [5.74, 6) is 0.253. The normalized spacial score (nSPS) is 15.0. The topological polar surface area (TPSA) is 115 Å². The molecule has 1 aromatic heterocycles. The highest BCUT2D eigenvalue weighted by Crippen LogP contribution is 2.19. The zero-order valence-corrected chi connectivity index (χ0v) is 17.8. The summed E-state index contributed by atoms with van der Waals surface area (Å²) in [6.07, 6.45) is 0. The molecule has 4 rings (SSSR count). The van der Waals surface area contributed by atoms with Crippen molar-refractivity contribution in [3.8, 4) is 11.4 Å². The van der Waals surface area contributed by atoms with Gasteiger partial charge in [0.25, 0.3) is 5.91 Å². The van der Waals surface area contributed by atoms with E-state index in [1.165, 1.54) is 16.4 Å². The van der Waals surface area contributed by atoms with Crippen LogP contribution in [0.3, 0.4) is 0 Å². The highest BCUT2D eigenvalue weighted by molar-refractivity contribution is 7.89. The maximum Gasteiger partial charge on any atom is 0.251 e. The van der Waals surface area contributed by atoms with Gasteiger partial charge in [-0.15, -0.1) is 0 Å². The molecule has 0 bridgehead atoms. The smallest absolute Gasteiger partial charge is 0.251 e. The van der Waals surface area contributed by atoms with Crippen molar-refractivity contribution < 1.29 is 22.5 Å². The molecule has 0 radical (unpaired) electrons. The summed E-state index contributed by atoms with van der Waals surface area (Å²) in [6, 6.07) is 13.6. The van der Waals surface area contributed by atoms with Crippen LogP contribution in [0.5, 0.6) is 0 Å². The quantitative estimate of drug-likeness (QED) is 0.621. The van der Waals surface area contributed by atoms with E-state index in [0.29, 0.717) is 32.1 Å². The van der Waals surface area contributed by atoms with Crippen molar-refractivity contribution in [2.75, 3.05) is 26.3 Å². The van der Waals surface area contributed by atoms with E-state index in [1.54, 1.807) is 12.1 Å². The van der Waals surface area contributed by atoms with E-state index in [1.807, 2.05) is 31.2 Å². The predicted octanol–water partition coefficient (Wildman–Crippen LogP) is 2.00. The Morgan fingerprint density at radius 3 is 2.68 bits per heavy atom. The van der Waals surface area contributed by atoms with Gasteiger partial charge in [-0.2, -0.15) is 9.29 Å². The Kier molecular flexibility index (Phi) is 6.12. The first-order chi connectivity index (χ1) is 14.9. The van der Waals surface area contributed by atoms with Crippen molar-refractivity contribution in [3.63, 3.8) is 0 Å². The number of sulfonamides is 1. The zero-order valence-electron chi connectivity index (χ0n) is 16.9. The van der Waals surface area contributed by atoms with E-state index in [0.717, 1.165) is 11.1 Å². The Balaban J connectivity index is 1.43. The van der Waals surface area contributed by atoms with Crippen LogP contribution in [0.2, 0.25) is 0 Å². The number of amides is 1. The van der Waals surface area contributed by atoms with E-state index < -0.39 is 15.9 Å². The second-order valence-electron chi connectivity index (χ2n) is 7.11. The van der Waals surface area contributed by atoms with Crippen molar-refractivity contribution in [1.29, 1.82) is 0 Å². The summed E-state index contributed by atoms with van der Waals surface area (Å²) in [5, 5.41) is 6.63. The van der Waals surface area contributed by atoms with Crippen LogP contribution in [-0.4, -0.2) is 55.1 Å². The standard InChI is InChI=1S/C21H22N4O5S/c1-15-4-2-5-16(12-15)20-23-19(30-24-20)14-22-21(26)17-6-3-7-18(13-17)31(27,28)25-8-10-29-11-9-25/h2-7,12-13H,8-11,14H2,1H3,(H,22,26). The fourth-order valence-corrected chi connectivity index (χ4v) is 4.67. The Bertz CT molecular complexity index is 1190. The van der Waals surface area contributed by atoms with Crippen molar-refractivity contribution in [2.45, 2.75) is 18.4 Å². The molecule has 1 fully saturated rings. The first kappa shape index (κ1) is 21.2. The molecular weight excluding hydrogens is 420 g/mol. The molecule has 9 nitrogen and oxygen atoms in total. The Hall–Kier alpha value is -3.08. The number of benzene rings is 2. The molecular formula is C21H22N4O5S. The van der Waals surface area contributed by atoms with Crippen molar-refractivity contribution in [1.82, 2.24) is 19.8 Å². The fraction of sp³-hybridized carbons (Fsp3) is 0.286. The van der Waals surface area contributed by atoms with Gasteiger partial charge in [-0.1, -0.05) is 35.0 Å². The first-order valence-corrected chi connectivity index (χ1v) is 11.2. The number of nitrogens with zero attached hydrogens (tertiary/aromatic N) is 3. The third-order valence-electron chi connectivity index (χ3n) is 4.85. The Morgan fingerprint density at radius 1 is 1.13 bits per heavy atom. The molecule has 2 aromatic carbocycles. The van der Waals surface area contributed by atoms with Gasteiger partial charge < -0.3 is 14.6 Å². The van der Waals surface area contributed by atoms with Gasteiger partial charge in [0.15, 0.2) is 0 Å². The summed E-state index contributed by atoms with van der Waals surface area (Å²) in [4.78, 5) is 16.9. The number of rotatable bonds is 6. The van der Waals surface area contributed by atoms with Gasteiger partial charge in [-0.25, -0.2) is 8.42 Å². The number of carbonyl (C=O) groups excluding carboxylic acids is 1. The molecule has 0 unspecified atom stereocenters. The maximum absolute atomic E-state index is 12.8. The van der Waals surface area contributed by atoms with Crippen LogP contribution in [0, 0.1) is 6.92 Å². The highest BCUT2D eigenvalue weighted by atomic mass is 32.2. The molecule has 2 heterocycles. The second kappa shape index (κ2) is 8.96. The number of morpholine rings is 1. The molecule has 31 heavy (non-hydrogen) atoms. The van der Waals surface area contributed by atoms with Gasteiger partial charge >= 0.3 is 0 Å². The predicted molar refractivity (Wildman–Crippen MR) is 112 cm³/mol. The van der Waals surface area contributed by atoms with Crippen LogP contribution in [0.25, 0.3) is 11.4 Å². The van der Waals surface area contributed by atoms with E-state index >= 15 is 0 Å². The highest BCUT2D eigenvalue weighted by Gasteiger charge is 2.27. The van der Waals surface area contributed by atoms with E-state index in [-0.39, 0.29) is 22.9 Å². The van der Waals surface area contributed by atoms with Crippen molar-refractivity contribution in [3.05, 3.63) is 65.5 Å². The average molecular weight is 442 g/mol. The largest absolute Gasteiger partial charge is 0.379 e. The van der Waals surface area contributed by atoms with Crippen LogP contribution < -0.4 is 5.32 Å². The average Bonchev–Trinajstić information content (AvgIpc) is 3.27. The summed E-state index contributed by atoms with van der Waals surface area (Å²) in [5.41, 5.74) is 2.12. The first-order valence-electron chi connectivity index (χ1n) is 9.79. The number of carbonyl (C=O) groups is 1. The minimum atomic E-state index is -3.68. The summed E-state index contributed by atoms with van der Waals surface area (Å²) in [6.45, 7) is 3.29. The van der Waals surface area contributed by atoms with Crippen LogP contribution in [0.1, 0.15) is 21.8 Å². The summed E-state index contributed by atoms with van der Waals surface area (Å²) in [7, 11) is -3.68. The van der Waals surface area contributed by atoms with Crippen molar-refractivity contribution in [2.24, 2.45) is 0 Å². The SMILES string of the molecule is Cc1cccc(-c2noc(CNC(=O)c3cccc(S(=O)(=O)N4CCOCC4)c3)n2)c1. The number of aryl methyl sites for hydroxylation is 1. The lowest BCUT2D eigenvalue weighted by atomic mass is 10.1. The monoisotopic (exact) mass is 442 g/mol. The molecule has 1 N–H and O–H groups in total. The van der Waals surface area contributed by atoms with Crippen LogP contribution in [0.4, 0.5) is 0 Å². The minimum absolute atomic E-state index is 0.0259. The molecule has 1 aliphatic rings. The number of hydrogen-bond acceptors (Lipinski definition) is 7. The molecule has 1 saturated heterocycles. The number of hydrogen-bond donors (Lipinski definition) is 1. The van der Waals surface area contributed by atoms with E-state index in [2.05, 4.69) is 15.5 Å². The molecule has 3 aromatic rings. The summed E-state index contributed by atoms with van der Waals surface area (Å²) >= 11 is 0. The van der Waals surface area contributed by atoms with Crippen LogP contribution in [-0.2, 0) is 21.3 Å². The molecule has 0 saturated carbocycles. The van der Waals surface area contributed by atoms with Gasteiger partial charge in [0, 0.05) is 24.2 Å². The molecule has 1 aliphatic heterocycles. The molecule has 0 aliphatic carbocycles. The van der Waals surface area contributed by atoms with Gasteiger partial charge in [0.2, 0.25) is 21.7 Å². The van der Waals surface area contributed by atoms with E-state index in [9.17, 15) is 13.2 Å². The third-order valence-corrected chi connectivity index (χ3v) is 6.74. The molecule has 162 valence electrons. The molecule has 0 atom stereocenters. The van der Waals surface area contributed by atoms with Gasteiger partial charge in [0.05, 0.1) is 24.7 Å². The lowest BCUT2D eigenvalue weighted by molar-refractivity contribution is 0.0730. The Labute approximate surface area is 180 Å².